The van der Waals surface area contributed by atoms with E-state index in [4.69, 9.17) is 9.72 Å². The number of hydrogen-bond acceptors (Lipinski definition) is 6. The Bertz CT molecular complexity index is 1160. The van der Waals surface area contributed by atoms with Gasteiger partial charge in [0.15, 0.2) is 11.0 Å². The summed E-state index contributed by atoms with van der Waals surface area (Å²) in [5, 5.41) is 10.4. The SMILES string of the molecule is CCOC(=O)CSc1nnc(-c2cc(-c3ccccc3)nc3ccccc23)n1C. The van der Waals surface area contributed by atoms with Gasteiger partial charge in [0.1, 0.15) is 0 Å². The standard InChI is InChI=1S/C22H20N4O2S/c1-3-28-20(27)14-29-22-25-24-21(26(22)2)17-13-19(15-9-5-4-6-10-15)23-18-12-8-7-11-16(17)18/h4-13H,3,14H2,1-2H3. The van der Waals surface area contributed by atoms with Crippen LogP contribution in [0.2, 0.25) is 0 Å². The van der Waals surface area contributed by atoms with Crippen molar-refractivity contribution < 1.29 is 9.53 Å². The number of nitrogens with zero attached hydrogens (tertiary/aromatic N) is 4. The molecule has 6 nitrogen and oxygen atoms in total. The summed E-state index contributed by atoms with van der Waals surface area (Å²) < 4.78 is 6.90. The van der Waals surface area contributed by atoms with Crippen molar-refractivity contribution in [2.24, 2.45) is 7.05 Å². The number of pyridine rings is 1. The highest BCUT2D eigenvalue weighted by atomic mass is 32.2. The highest BCUT2D eigenvalue weighted by molar-refractivity contribution is 7.99. The molecule has 2 aromatic heterocycles. The van der Waals surface area contributed by atoms with E-state index in [1.165, 1.54) is 11.8 Å². The molecule has 4 rings (SSSR count). The fraction of sp³-hybridized carbons (Fsp3) is 0.182. The maximum atomic E-state index is 11.7. The first-order valence-corrected chi connectivity index (χ1v) is 10.3. The zero-order valence-electron chi connectivity index (χ0n) is 16.2. The third kappa shape index (κ3) is 4.00. The van der Waals surface area contributed by atoms with E-state index in [1.807, 2.05) is 72.3 Å². The molecule has 2 heterocycles. The number of rotatable bonds is 6. The maximum absolute atomic E-state index is 11.7. The van der Waals surface area contributed by atoms with Crippen molar-refractivity contribution in [1.29, 1.82) is 0 Å². The lowest BCUT2D eigenvalue weighted by Crippen LogP contribution is -2.07. The molecule has 0 aliphatic carbocycles. The van der Waals surface area contributed by atoms with Crippen molar-refractivity contribution in [3.05, 3.63) is 60.7 Å². The number of fused-ring (bicyclic) bond motifs is 1. The van der Waals surface area contributed by atoms with Crippen LogP contribution in [0.4, 0.5) is 0 Å². The largest absolute Gasteiger partial charge is 0.465 e. The molecule has 0 fully saturated rings. The molecule has 4 aromatic rings. The predicted octanol–water partition coefficient (Wildman–Crippen LogP) is 4.35. The Kier molecular flexibility index (Phi) is 5.57. The summed E-state index contributed by atoms with van der Waals surface area (Å²) in [6.07, 6.45) is 0. The van der Waals surface area contributed by atoms with Crippen molar-refractivity contribution >= 4 is 28.6 Å². The van der Waals surface area contributed by atoms with Crippen LogP contribution in [0.5, 0.6) is 0 Å². The Labute approximate surface area is 172 Å². The lowest BCUT2D eigenvalue weighted by molar-refractivity contribution is -0.139. The average Bonchev–Trinajstić information content (AvgIpc) is 3.12. The fourth-order valence-corrected chi connectivity index (χ4v) is 3.83. The van der Waals surface area contributed by atoms with Crippen LogP contribution in [0.15, 0.2) is 65.8 Å². The molecule has 0 saturated carbocycles. The molecule has 0 aliphatic heterocycles. The number of ether oxygens (including phenoxy) is 1. The van der Waals surface area contributed by atoms with Crippen molar-refractivity contribution in [2.75, 3.05) is 12.4 Å². The first kappa shape index (κ1) is 19.1. The molecule has 2 aromatic carbocycles. The highest BCUT2D eigenvalue weighted by Gasteiger charge is 2.17. The minimum atomic E-state index is -0.261. The normalized spacial score (nSPS) is 11.0. The van der Waals surface area contributed by atoms with Crippen molar-refractivity contribution in [3.63, 3.8) is 0 Å². The van der Waals surface area contributed by atoms with Gasteiger partial charge in [0.05, 0.1) is 23.6 Å². The summed E-state index contributed by atoms with van der Waals surface area (Å²) in [4.78, 5) is 16.5. The molecule has 0 amide bonds. The molecule has 0 N–H and O–H groups in total. The molecule has 0 radical (unpaired) electrons. The van der Waals surface area contributed by atoms with Gasteiger partial charge in [-0.15, -0.1) is 10.2 Å². The van der Waals surface area contributed by atoms with Crippen molar-refractivity contribution in [2.45, 2.75) is 12.1 Å². The Hall–Kier alpha value is -3.19. The van der Waals surface area contributed by atoms with Crippen LogP contribution in [0, 0.1) is 0 Å². The number of carbonyl (C=O) groups excluding carboxylic acids is 1. The predicted molar refractivity (Wildman–Crippen MR) is 115 cm³/mol. The van der Waals surface area contributed by atoms with E-state index in [-0.39, 0.29) is 11.7 Å². The summed E-state index contributed by atoms with van der Waals surface area (Å²) in [6, 6.07) is 20.1. The van der Waals surface area contributed by atoms with Crippen LogP contribution >= 0.6 is 11.8 Å². The topological polar surface area (TPSA) is 69.9 Å². The summed E-state index contributed by atoms with van der Waals surface area (Å²) in [7, 11) is 1.90. The van der Waals surface area contributed by atoms with Gasteiger partial charge in [-0.05, 0) is 19.1 Å². The lowest BCUT2D eigenvalue weighted by Gasteiger charge is -2.10. The second-order valence-electron chi connectivity index (χ2n) is 6.40. The zero-order chi connectivity index (χ0) is 20.2. The number of carbonyl (C=O) groups is 1. The van der Waals surface area contributed by atoms with Crippen molar-refractivity contribution in [3.8, 4) is 22.6 Å². The van der Waals surface area contributed by atoms with Gasteiger partial charge in [-0.25, -0.2) is 4.98 Å². The quantitative estimate of drug-likeness (QED) is 0.351. The van der Waals surface area contributed by atoms with E-state index in [9.17, 15) is 4.79 Å². The van der Waals surface area contributed by atoms with Crippen LogP contribution < -0.4 is 0 Å². The highest BCUT2D eigenvalue weighted by Crippen LogP contribution is 2.32. The summed E-state index contributed by atoms with van der Waals surface area (Å²) in [6.45, 7) is 2.16. The molecular weight excluding hydrogens is 384 g/mol. The van der Waals surface area contributed by atoms with E-state index in [1.54, 1.807) is 6.92 Å². The summed E-state index contributed by atoms with van der Waals surface area (Å²) in [5.74, 6) is 0.668. The fourth-order valence-electron chi connectivity index (χ4n) is 3.12. The van der Waals surface area contributed by atoms with E-state index in [0.29, 0.717) is 11.8 Å². The third-order valence-corrected chi connectivity index (χ3v) is 5.48. The molecular formula is C22H20N4O2S. The van der Waals surface area contributed by atoms with Gasteiger partial charge < -0.3 is 9.30 Å². The van der Waals surface area contributed by atoms with Crippen LogP contribution in [0.3, 0.4) is 0 Å². The monoisotopic (exact) mass is 404 g/mol. The molecule has 29 heavy (non-hydrogen) atoms. The molecule has 146 valence electrons. The van der Waals surface area contributed by atoms with E-state index < -0.39 is 0 Å². The second-order valence-corrected chi connectivity index (χ2v) is 7.34. The van der Waals surface area contributed by atoms with Gasteiger partial charge in [-0.2, -0.15) is 0 Å². The molecule has 7 heteroatoms. The smallest absolute Gasteiger partial charge is 0.316 e. The number of hydrogen-bond donors (Lipinski definition) is 0. The molecule has 0 aliphatic rings. The Morgan fingerprint density at radius 1 is 1.07 bits per heavy atom. The molecule has 0 unspecified atom stereocenters. The van der Waals surface area contributed by atoms with Gasteiger partial charge in [-0.3, -0.25) is 4.79 Å². The minimum Gasteiger partial charge on any atom is -0.465 e. The zero-order valence-corrected chi connectivity index (χ0v) is 17.0. The second kappa shape index (κ2) is 8.45. The van der Waals surface area contributed by atoms with E-state index >= 15 is 0 Å². The number of aromatic nitrogens is 4. The van der Waals surface area contributed by atoms with Crippen molar-refractivity contribution in [1.82, 2.24) is 19.7 Å². The average molecular weight is 404 g/mol. The number of para-hydroxylation sites is 1. The first-order valence-electron chi connectivity index (χ1n) is 9.30. The van der Waals surface area contributed by atoms with Crippen LogP contribution in [0.1, 0.15) is 6.92 Å². The van der Waals surface area contributed by atoms with Gasteiger partial charge >= 0.3 is 5.97 Å². The summed E-state index contributed by atoms with van der Waals surface area (Å²) >= 11 is 1.32. The molecule has 0 spiro atoms. The number of esters is 1. The Balaban J connectivity index is 1.77. The third-order valence-electron chi connectivity index (χ3n) is 4.49. The van der Waals surface area contributed by atoms with Gasteiger partial charge in [0.2, 0.25) is 0 Å². The van der Waals surface area contributed by atoms with E-state index in [2.05, 4.69) is 10.2 Å². The lowest BCUT2D eigenvalue weighted by atomic mass is 10.0. The van der Waals surface area contributed by atoms with E-state index in [0.717, 1.165) is 33.5 Å². The van der Waals surface area contributed by atoms with Gasteiger partial charge in [-0.1, -0.05) is 60.3 Å². The number of thioether (sulfide) groups is 1. The molecule has 0 bridgehead atoms. The molecule has 0 saturated heterocycles. The van der Waals surface area contributed by atoms with Crippen LogP contribution in [-0.2, 0) is 16.6 Å². The van der Waals surface area contributed by atoms with Gasteiger partial charge in [0.25, 0.3) is 0 Å². The first-order chi connectivity index (χ1) is 14.2. The molecule has 0 atom stereocenters. The summed E-state index contributed by atoms with van der Waals surface area (Å²) in [5.41, 5.74) is 3.77. The van der Waals surface area contributed by atoms with Crippen LogP contribution in [-0.4, -0.2) is 38.1 Å². The Morgan fingerprint density at radius 3 is 2.62 bits per heavy atom. The Morgan fingerprint density at radius 2 is 1.83 bits per heavy atom. The maximum Gasteiger partial charge on any atom is 0.316 e. The number of benzene rings is 2. The van der Waals surface area contributed by atoms with Crippen LogP contribution in [0.25, 0.3) is 33.5 Å². The minimum absolute atomic E-state index is 0.201. The van der Waals surface area contributed by atoms with Gasteiger partial charge in [0, 0.05) is 23.6 Å².